The molecule has 9 nitrogen and oxygen atoms in total. The van der Waals surface area contributed by atoms with E-state index in [0.717, 1.165) is 77.8 Å². The molecule has 1 aromatic rings. The number of piperidine rings is 1. The van der Waals surface area contributed by atoms with Crippen LogP contribution < -0.4 is 10.6 Å². The predicted octanol–water partition coefficient (Wildman–Crippen LogP) is 4.95. The Morgan fingerprint density at radius 3 is 2.21 bits per heavy atom. The van der Waals surface area contributed by atoms with Crippen molar-refractivity contribution in [3.05, 3.63) is 28.8 Å². The zero-order chi connectivity index (χ0) is 30.4. The van der Waals surface area contributed by atoms with Crippen molar-refractivity contribution in [1.82, 2.24) is 14.7 Å². The molecule has 2 aliphatic heterocycles. The summed E-state index contributed by atoms with van der Waals surface area (Å²) >= 11 is 6.34. The van der Waals surface area contributed by atoms with Gasteiger partial charge in [0.2, 0.25) is 5.91 Å². The third kappa shape index (κ3) is 7.72. The smallest absolute Gasteiger partial charge is 0.319 e. The summed E-state index contributed by atoms with van der Waals surface area (Å²) in [7, 11) is 0. The number of primary amides is 1. The second-order valence-corrected chi connectivity index (χ2v) is 13.7. The highest BCUT2D eigenvalue weighted by atomic mass is 35.5. The lowest BCUT2D eigenvalue weighted by Gasteiger charge is -2.47. The first-order chi connectivity index (χ1) is 20.8. The number of carbonyl (C=O) groups excluding carboxylic acids is 4. The van der Waals surface area contributed by atoms with Gasteiger partial charge in [-0.3, -0.25) is 19.4 Å². The summed E-state index contributed by atoms with van der Waals surface area (Å²) in [6, 6.07) is 4.20. The second-order valence-electron chi connectivity index (χ2n) is 13.3. The fourth-order valence-electron chi connectivity index (χ4n) is 7.85. The van der Waals surface area contributed by atoms with E-state index in [1.54, 1.807) is 18.2 Å². The van der Waals surface area contributed by atoms with E-state index in [1.165, 1.54) is 49.8 Å². The van der Waals surface area contributed by atoms with E-state index in [4.69, 9.17) is 17.3 Å². The summed E-state index contributed by atoms with van der Waals surface area (Å²) in [5.74, 6) is 1.32. The molecule has 2 N–H and O–H groups in total. The quantitative estimate of drug-likeness (QED) is 0.418. The van der Waals surface area contributed by atoms with E-state index in [2.05, 4.69) is 9.80 Å². The van der Waals surface area contributed by atoms with Gasteiger partial charge >= 0.3 is 6.03 Å². The minimum Gasteiger partial charge on any atom is -0.351 e. The first-order valence-electron chi connectivity index (χ1n) is 16.4. The molecule has 2 saturated carbocycles. The number of amides is 4. The molecule has 0 aromatic heterocycles. The Morgan fingerprint density at radius 2 is 1.58 bits per heavy atom. The molecule has 1 spiro atoms. The van der Waals surface area contributed by atoms with Crippen LogP contribution in [0.15, 0.2) is 18.2 Å². The normalized spacial score (nSPS) is 22.0. The van der Waals surface area contributed by atoms with Crippen molar-refractivity contribution in [2.24, 2.45) is 23.0 Å². The molecule has 2 saturated heterocycles. The van der Waals surface area contributed by atoms with Gasteiger partial charge in [-0.05, 0) is 80.9 Å². The number of nitrogens with zero attached hydrogens (tertiary/aromatic N) is 4. The van der Waals surface area contributed by atoms with Crippen LogP contribution in [0.25, 0.3) is 0 Å². The summed E-state index contributed by atoms with van der Waals surface area (Å²) in [5, 5.41) is 0.311. The zero-order valence-corrected chi connectivity index (χ0v) is 26.2. The molecule has 0 radical (unpaired) electrons. The first-order valence-corrected chi connectivity index (χ1v) is 16.8. The summed E-state index contributed by atoms with van der Waals surface area (Å²) < 4.78 is 0. The molecule has 2 heterocycles. The van der Waals surface area contributed by atoms with Gasteiger partial charge in [-0.1, -0.05) is 30.9 Å². The van der Waals surface area contributed by atoms with Crippen molar-refractivity contribution in [3.8, 4) is 0 Å². The fourth-order valence-corrected chi connectivity index (χ4v) is 8.07. The van der Waals surface area contributed by atoms with Gasteiger partial charge in [-0.15, -0.1) is 0 Å². The number of nitrogens with two attached hydrogens (primary N) is 1. The Kier molecular flexibility index (Phi) is 10.7. The predicted molar refractivity (Wildman–Crippen MR) is 168 cm³/mol. The molecule has 0 bridgehead atoms. The number of likely N-dealkylation sites (tertiary alicyclic amines) is 1. The van der Waals surface area contributed by atoms with Crippen LogP contribution in [0.3, 0.4) is 0 Å². The Morgan fingerprint density at radius 1 is 0.907 bits per heavy atom. The van der Waals surface area contributed by atoms with Gasteiger partial charge in [0, 0.05) is 70.3 Å². The van der Waals surface area contributed by atoms with Crippen LogP contribution in [0.1, 0.15) is 87.4 Å². The van der Waals surface area contributed by atoms with Crippen molar-refractivity contribution in [2.75, 3.05) is 57.3 Å². The maximum Gasteiger partial charge on any atom is 0.319 e. The molecule has 10 heteroatoms. The molecular formula is C33H48ClN5O4. The van der Waals surface area contributed by atoms with Crippen LogP contribution >= 0.6 is 11.6 Å². The van der Waals surface area contributed by atoms with Crippen molar-refractivity contribution < 1.29 is 19.2 Å². The van der Waals surface area contributed by atoms with E-state index in [-0.39, 0.29) is 24.8 Å². The highest BCUT2D eigenvalue weighted by molar-refractivity contribution is 6.34. The van der Waals surface area contributed by atoms with Gasteiger partial charge in [0.1, 0.15) is 6.29 Å². The Balaban J connectivity index is 1.07. The number of urea groups is 1. The lowest BCUT2D eigenvalue weighted by molar-refractivity contribution is -0.138. The molecule has 4 aliphatic rings. The van der Waals surface area contributed by atoms with E-state index in [9.17, 15) is 19.2 Å². The van der Waals surface area contributed by atoms with Crippen LogP contribution in [0.2, 0.25) is 5.02 Å². The number of hydrogen-bond acceptors (Lipinski definition) is 5. The third-order valence-corrected chi connectivity index (χ3v) is 11.0. The number of carbonyl (C=O) groups is 4. The SMILES string of the molecule is NC(=O)N(CCC=O)c1cc(C(=O)N2CCC3(CCC(CN4CCN(C(=O)C5CCCCC5)CC4)CC3)CC2)ccc1Cl. The van der Waals surface area contributed by atoms with Crippen molar-refractivity contribution in [3.63, 3.8) is 0 Å². The summed E-state index contributed by atoms with van der Waals surface area (Å²) in [4.78, 5) is 57.1. The minimum atomic E-state index is -0.712. The van der Waals surface area contributed by atoms with E-state index in [0.29, 0.717) is 33.5 Å². The number of rotatable bonds is 8. The van der Waals surface area contributed by atoms with Crippen LogP contribution in [-0.2, 0) is 9.59 Å². The average molecular weight is 614 g/mol. The zero-order valence-electron chi connectivity index (χ0n) is 25.5. The van der Waals surface area contributed by atoms with Crippen molar-refractivity contribution in [1.29, 1.82) is 0 Å². The highest BCUT2D eigenvalue weighted by Gasteiger charge is 2.40. The monoisotopic (exact) mass is 613 g/mol. The minimum absolute atomic E-state index is 0.0672. The lowest BCUT2D eigenvalue weighted by Crippen LogP contribution is -2.51. The van der Waals surface area contributed by atoms with E-state index in [1.807, 2.05) is 4.90 Å². The van der Waals surface area contributed by atoms with E-state index >= 15 is 0 Å². The number of piperazine rings is 1. The van der Waals surface area contributed by atoms with Gasteiger partial charge < -0.3 is 20.3 Å². The van der Waals surface area contributed by atoms with Gasteiger partial charge in [-0.25, -0.2) is 4.79 Å². The maximum atomic E-state index is 13.4. The van der Waals surface area contributed by atoms with Crippen LogP contribution in [0, 0.1) is 17.3 Å². The van der Waals surface area contributed by atoms with Gasteiger partial charge in [0.15, 0.2) is 0 Å². The van der Waals surface area contributed by atoms with Crippen LogP contribution in [0.5, 0.6) is 0 Å². The Bertz CT molecular complexity index is 1150. The molecule has 1 aromatic carbocycles. The van der Waals surface area contributed by atoms with Crippen molar-refractivity contribution >= 4 is 41.4 Å². The second kappa shape index (κ2) is 14.4. The van der Waals surface area contributed by atoms with Crippen molar-refractivity contribution in [2.45, 2.75) is 77.0 Å². The molecule has 0 atom stereocenters. The van der Waals surface area contributed by atoms with Gasteiger partial charge in [-0.2, -0.15) is 0 Å². The van der Waals surface area contributed by atoms with Crippen LogP contribution in [-0.4, -0.2) is 91.2 Å². The Hall–Kier alpha value is -2.65. The molecule has 0 unspecified atom stereocenters. The number of benzene rings is 1. The molecular weight excluding hydrogens is 566 g/mol. The molecule has 4 amide bonds. The fraction of sp³-hybridized carbons (Fsp3) is 0.697. The number of aldehydes is 1. The maximum absolute atomic E-state index is 13.4. The summed E-state index contributed by atoms with van der Waals surface area (Å²) in [6.45, 7) is 6.45. The van der Waals surface area contributed by atoms with Crippen LogP contribution in [0.4, 0.5) is 10.5 Å². The summed E-state index contributed by atoms with van der Waals surface area (Å²) in [6.07, 6.45) is 13.6. The Labute approximate surface area is 261 Å². The lowest BCUT2D eigenvalue weighted by atomic mass is 9.65. The number of halogens is 1. The van der Waals surface area contributed by atoms with Gasteiger partial charge in [0.25, 0.3) is 5.91 Å². The molecule has 4 fully saturated rings. The van der Waals surface area contributed by atoms with Gasteiger partial charge in [0.05, 0.1) is 10.7 Å². The largest absolute Gasteiger partial charge is 0.351 e. The number of anilines is 1. The molecule has 236 valence electrons. The topological polar surface area (TPSA) is 107 Å². The highest BCUT2D eigenvalue weighted by Crippen LogP contribution is 2.46. The summed E-state index contributed by atoms with van der Waals surface area (Å²) in [5.41, 5.74) is 6.67. The first kappa shape index (κ1) is 31.8. The average Bonchev–Trinajstić information content (AvgIpc) is 3.03. The molecule has 5 rings (SSSR count). The molecule has 43 heavy (non-hydrogen) atoms. The van der Waals surface area contributed by atoms with E-state index < -0.39 is 6.03 Å². The standard InChI is InChI=1S/C33H48ClN5O4/c34-28-8-7-27(23-29(28)39(32(35)43)15-4-22-40)31(42)37-16-13-33(14-17-37)11-9-25(10-12-33)24-36-18-20-38(21-19-36)30(41)26-5-2-1-3-6-26/h7-8,22-23,25-26H,1-6,9-21,24H2,(H2,35,43). The molecule has 2 aliphatic carbocycles. The number of hydrogen-bond donors (Lipinski definition) is 1. The third-order valence-electron chi connectivity index (χ3n) is 10.7.